The van der Waals surface area contributed by atoms with E-state index >= 15 is 0 Å². The Bertz CT molecular complexity index is 948. The average molecular weight is 327 g/mol. The van der Waals surface area contributed by atoms with E-state index in [0.29, 0.717) is 15.9 Å². The molecule has 0 saturated carbocycles. The fourth-order valence-electron chi connectivity index (χ4n) is 1.96. The topological polar surface area (TPSA) is 87.2 Å². The van der Waals surface area contributed by atoms with Crippen molar-refractivity contribution in [2.75, 3.05) is 0 Å². The van der Waals surface area contributed by atoms with Gasteiger partial charge in [0.15, 0.2) is 0 Å². The molecule has 0 unspecified atom stereocenters. The van der Waals surface area contributed by atoms with Crippen LogP contribution in [0, 0.1) is 0 Å². The van der Waals surface area contributed by atoms with Crippen LogP contribution in [0.2, 0.25) is 5.02 Å². The minimum absolute atomic E-state index is 0.0954. The summed E-state index contributed by atoms with van der Waals surface area (Å²) in [6.07, 6.45) is 1.47. The van der Waals surface area contributed by atoms with Crippen LogP contribution in [0.25, 0.3) is 10.9 Å². The highest BCUT2D eigenvalue weighted by Crippen LogP contribution is 2.08. The maximum Gasteiger partial charge on any atom is 0.307 e. The zero-order chi connectivity index (χ0) is 16.2. The van der Waals surface area contributed by atoms with Gasteiger partial charge in [0, 0.05) is 5.02 Å². The van der Waals surface area contributed by atoms with Gasteiger partial charge in [-0.2, -0.15) is 5.10 Å². The Labute approximate surface area is 135 Å². The highest BCUT2D eigenvalue weighted by Gasteiger charge is 2.10. The minimum Gasteiger partial charge on any atom is -0.302 e. The van der Waals surface area contributed by atoms with Crippen LogP contribution >= 0.6 is 11.6 Å². The first-order chi connectivity index (χ1) is 11.1. The molecule has 6 nitrogen and oxygen atoms in total. The molecule has 7 heteroatoms. The number of fused-ring (bicyclic) bond motifs is 1. The highest BCUT2D eigenvalue weighted by molar-refractivity contribution is 6.30. The number of hydrazone groups is 1. The van der Waals surface area contributed by atoms with Crippen molar-refractivity contribution in [3.8, 4) is 0 Å². The molecule has 0 saturated heterocycles. The van der Waals surface area contributed by atoms with E-state index in [1.165, 1.54) is 6.21 Å². The Morgan fingerprint density at radius 3 is 2.70 bits per heavy atom. The maximum atomic E-state index is 12.0. The van der Waals surface area contributed by atoms with Gasteiger partial charge in [-0.15, -0.1) is 0 Å². The smallest absolute Gasteiger partial charge is 0.302 e. The molecule has 0 bridgehead atoms. The molecule has 0 aliphatic heterocycles. The summed E-state index contributed by atoms with van der Waals surface area (Å²) in [5, 5.41) is 4.87. The van der Waals surface area contributed by atoms with Crippen molar-refractivity contribution in [1.29, 1.82) is 0 Å². The van der Waals surface area contributed by atoms with Gasteiger partial charge in [0.05, 0.1) is 17.1 Å². The third-order valence-corrected chi connectivity index (χ3v) is 3.33. The molecule has 0 fully saturated rings. The van der Waals surface area contributed by atoms with Crippen LogP contribution in [0.4, 0.5) is 0 Å². The van der Waals surface area contributed by atoms with Crippen molar-refractivity contribution in [2.24, 2.45) is 5.10 Å². The van der Waals surface area contributed by atoms with E-state index in [2.05, 4.69) is 20.5 Å². The van der Waals surface area contributed by atoms with Crippen LogP contribution in [0.5, 0.6) is 0 Å². The third kappa shape index (κ3) is 3.44. The lowest BCUT2D eigenvalue weighted by atomic mass is 10.2. The second kappa shape index (κ2) is 6.41. The standard InChI is InChI=1S/C16H11ClN4O2/c17-11-7-5-10(6-8-11)9-18-21-16(23)14-19-13-4-2-1-3-12(13)15(22)20-14/h1-9H,(H,21,23)(H,19,20,22). The van der Waals surface area contributed by atoms with Crippen LogP contribution in [0.15, 0.2) is 58.4 Å². The summed E-state index contributed by atoms with van der Waals surface area (Å²) in [5.74, 6) is -0.694. The van der Waals surface area contributed by atoms with Crippen LogP contribution < -0.4 is 11.0 Å². The van der Waals surface area contributed by atoms with Crippen LogP contribution in [-0.4, -0.2) is 22.1 Å². The minimum atomic E-state index is -0.599. The predicted octanol–water partition coefficient (Wildman–Crippen LogP) is 2.34. The number of carbonyl (C=O) groups is 1. The molecule has 3 rings (SSSR count). The Morgan fingerprint density at radius 1 is 1.17 bits per heavy atom. The SMILES string of the molecule is O=C(NN=Cc1ccc(Cl)cc1)c1nc2ccccc2c(=O)[nH]1. The number of nitrogens with one attached hydrogen (secondary N) is 2. The summed E-state index contributed by atoms with van der Waals surface area (Å²) in [5.41, 5.74) is 3.17. The normalized spacial score (nSPS) is 11.0. The van der Waals surface area contributed by atoms with E-state index in [-0.39, 0.29) is 11.4 Å². The molecule has 23 heavy (non-hydrogen) atoms. The zero-order valence-corrected chi connectivity index (χ0v) is 12.5. The first-order valence-electron chi connectivity index (χ1n) is 6.71. The van der Waals surface area contributed by atoms with Gasteiger partial charge in [0.25, 0.3) is 5.56 Å². The van der Waals surface area contributed by atoms with Gasteiger partial charge in [0.1, 0.15) is 0 Å². The molecule has 0 aliphatic rings. The molecule has 0 radical (unpaired) electrons. The molecule has 2 aromatic carbocycles. The Kier molecular flexibility index (Phi) is 4.16. The molecule has 1 heterocycles. The van der Waals surface area contributed by atoms with E-state index in [4.69, 9.17) is 11.6 Å². The van der Waals surface area contributed by atoms with Gasteiger partial charge in [-0.1, -0.05) is 35.9 Å². The number of amides is 1. The van der Waals surface area contributed by atoms with E-state index in [1.54, 1.807) is 48.5 Å². The fraction of sp³-hybridized carbons (Fsp3) is 0. The lowest BCUT2D eigenvalue weighted by Crippen LogP contribution is -2.24. The predicted molar refractivity (Wildman–Crippen MR) is 88.9 cm³/mol. The highest BCUT2D eigenvalue weighted by atomic mass is 35.5. The Morgan fingerprint density at radius 2 is 1.91 bits per heavy atom. The Balaban J connectivity index is 1.78. The number of benzene rings is 2. The molecule has 0 spiro atoms. The fourth-order valence-corrected chi connectivity index (χ4v) is 2.09. The van der Waals surface area contributed by atoms with Crippen LogP contribution in [-0.2, 0) is 0 Å². The number of rotatable bonds is 3. The summed E-state index contributed by atoms with van der Waals surface area (Å²) in [7, 11) is 0. The molecular formula is C16H11ClN4O2. The zero-order valence-electron chi connectivity index (χ0n) is 11.8. The van der Waals surface area contributed by atoms with E-state index in [0.717, 1.165) is 5.56 Å². The van der Waals surface area contributed by atoms with Crippen molar-refractivity contribution in [3.63, 3.8) is 0 Å². The quantitative estimate of drug-likeness (QED) is 0.572. The van der Waals surface area contributed by atoms with Crippen molar-refractivity contribution < 1.29 is 4.79 Å². The largest absolute Gasteiger partial charge is 0.307 e. The number of aromatic amines is 1. The van der Waals surface area contributed by atoms with Gasteiger partial charge in [0.2, 0.25) is 5.82 Å². The lowest BCUT2D eigenvalue weighted by Gasteiger charge is -2.01. The third-order valence-electron chi connectivity index (χ3n) is 3.08. The number of para-hydroxylation sites is 1. The van der Waals surface area contributed by atoms with E-state index < -0.39 is 5.91 Å². The summed E-state index contributed by atoms with van der Waals surface area (Å²) in [4.78, 5) is 30.5. The van der Waals surface area contributed by atoms with Crippen molar-refractivity contribution in [1.82, 2.24) is 15.4 Å². The molecule has 1 aromatic heterocycles. The number of carbonyl (C=O) groups excluding carboxylic acids is 1. The maximum absolute atomic E-state index is 12.0. The number of hydrogen-bond acceptors (Lipinski definition) is 4. The second-order valence-electron chi connectivity index (χ2n) is 4.68. The molecule has 2 N–H and O–H groups in total. The van der Waals surface area contributed by atoms with Gasteiger partial charge < -0.3 is 4.98 Å². The molecule has 0 atom stereocenters. The van der Waals surface area contributed by atoms with Crippen LogP contribution in [0.3, 0.4) is 0 Å². The Hall–Kier alpha value is -2.99. The molecule has 1 amide bonds. The van der Waals surface area contributed by atoms with Crippen molar-refractivity contribution in [3.05, 3.63) is 75.3 Å². The van der Waals surface area contributed by atoms with Gasteiger partial charge in [-0.3, -0.25) is 9.59 Å². The summed E-state index contributed by atoms with van der Waals surface area (Å²) in [6, 6.07) is 13.7. The first kappa shape index (κ1) is 14.9. The van der Waals surface area contributed by atoms with Gasteiger partial charge in [-0.25, -0.2) is 10.4 Å². The monoisotopic (exact) mass is 326 g/mol. The van der Waals surface area contributed by atoms with Crippen LogP contribution in [0.1, 0.15) is 16.2 Å². The first-order valence-corrected chi connectivity index (χ1v) is 7.09. The number of aromatic nitrogens is 2. The van der Waals surface area contributed by atoms with Gasteiger partial charge >= 0.3 is 5.91 Å². The number of nitrogens with zero attached hydrogens (tertiary/aromatic N) is 2. The summed E-state index contributed by atoms with van der Waals surface area (Å²) >= 11 is 5.78. The van der Waals surface area contributed by atoms with Crippen molar-refractivity contribution >= 4 is 34.6 Å². The molecule has 3 aromatic rings. The molecule has 0 aliphatic carbocycles. The average Bonchev–Trinajstić information content (AvgIpc) is 2.56. The number of halogens is 1. The summed E-state index contributed by atoms with van der Waals surface area (Å²) < 4.78 is 0. The number of H-pyrrole nitrogens is 1. The summed E-state index contributed by atoms with van der Waals surface area (Å²) in [6.45, 7) is 0. The second-order valence-corrected chi connectivity index (χ2v) is 5.12. The molecule has 114 valence electrons. The van der Waals surface area contributed by atoms with Gasteiger partial charge in [-0.05, 0) is 29.8 Å². The molecular weight excluding hydrogens is 316 g/mol. The van der Waals surface area contributed by atoms with Crippen molar-refractivity contribution in [2.45, 2.75) is 0 Å². The van der Waals surface area contributed by atoms with E-state index in [1.807, 2.05) is 0 Å². The lowest BCUT2D eigenvalue weighted by molar-refractivity contribution is 0.0945. The van der Waals surface area contributed by atoms with E-state index in [9.17, 15) is 9.59 Å². The number of hydrogen-bond donors (Lipinski definition) is 2.